The maximum atomic E-state index is 14.8. The highest BCUT2D eigenvalue weighted by molar-refractivity contribution is 8.56. The average molecular weight is 951 g/mol. The van der Waals surface area contributed by atoms with E-state index in [1.165, 1.54) is 12.2 Å². The third kappa shape index (κ3) is 10.9. The first-order valence-electron chi connectivity index (χ1n) is 21.3. The molecule has 0 spiro atoms. The van der Waals surface area contributed by atoms with Crippen LogP contribution in [0.5, 0.6) is 5.75 Å². The summed E-state index contributed by atoms with van der Waals surface area (Å²) in [6.45, 7) is 6.15. The first kappa shape index (κ1) is 48.6. The zero-order chi connectivity index (χ0) is 46.7. The number of aromatic nitrogens is 1. The number of Topliss-reactive ketones (excluding diaryl/α,β-unsaturated/α-hetero) is 2. The largest absolute Gasteiger partial charge is 0.508 e. The van der Waals surface area contributed by atoms with Crippen molar-refractivity contribution in [1.82, 2.24) is 15.6 Å². The van der Waals surface area contributed by atoms with Crippen LogP contribution in [0, 0.1) is 35.5 Å². The van der Waals surface area contributed by atoms with Crippen molar-refractivity contribution in [3.05, 3.63) is 64.5 Å². The number of benzene rings is 1. The number of methoxy groups -OCH3 is 2. The van der Waals surface area contributed by atoms with E-state index in [2.05, 4.69) is 44.3 Å². The minimum Gasteiger partial charge on any atom is -0.508 e. The summed E-state index contributed by atoms with van der Waals surface area (Å²) in [6, 6.07) is 4.88. The molecule has 5 aliphatic rings. The molecule has 2 fully saturated rings. The third-order valence-electron chi connectivity index (χ3n) is 11.9. The summed E-state index contributed by atoms with van der Waals surface area (Å²) < 4.78 is 37.1. The number of ether oxygens (including phenoxy) is 6. The van der Waals surface area contributed by atoms with Gasteiger partial charge in [-0.3, -0.25) is 19.9 Å². The van der Waals surface area contributed by atoms with E-state index >= 15 is 0 Å². The molecule has 0 radical (unpaired) electrons. The number of aromatic hydroxyl groups is 1. The number of phenolic OH excluding ortho intramolecular Hbond substituents is 1. The minimum atomic E-state index is -2.02. The zero-order valence-corrected chi connectivity index (χ0v) is 39.3. The number of aliphatic imine (C=N–C) groups is 1. The summed E-state index contributed by atoms with van der Waals surface area (Å²) in [7, 11) is 0.715. The van der Waals surface area contributed by atoms with Crippen LogP contribution >= 0.6 is 0 Å². The van der Waals surface area contributed by atoms with Crippen LogP contribution in [0.3, 0.4) is 0 Å². The summed E-state index contributed by atoms with van der Waals surface area (Å²) in [5.41, 5.74) is 2.25. The van der Waals surface area contributed by atoms with Crippen molar-refractivity contribution in [1.29, 1.82) is 0 Å². The number of allylic oxidation sites excluding steroid dienone is 3. The Morgan fingerprint density at radius 1 is 1.15 bits per heavy atom. The lowest BCUT2D eigenvalue weighted by atomic mass is 9.82. The number of amides is 1. The van der Waals surface area contributed by atoms with Crippen LogP contribution < -0.4 is 10.6 Å². The number of phenols is 1. The molecule has 0 bridgehead atoms. The Balaban J connectivity index is 1.30. The number of nitrogens with zero attached hydrogens (tertiary/aromatic N) is 1. The molecule has 2 aromatic rings. The van der Waals surface area contributed by atoms with Crippen LogP contribution in [-0.2, 0) is 74.0 Å². The fourth-order valence-electron chi connectivity index (χ4n) is 8.92. The normalized spacial score (nSPS) is 31.5. The molecule has 7 rings (SSSR count). The standard InChI is InChI=1S/C46H54N4O12S3/c1-23(2)48-31-22-59-36(21-35(31)57-4)62-44-43(55)37(42(54)41-40-26(15-17-47-41)29-19-25(51)13-14-30(29)49-40)24(3)60-45(44)61-34-12-10-8-7-9-11-28-38(34)27(16-18-65(6,63)64)32(52)20-33(53)39(28)50-46(56)58-5/h7-8,13-14,16,19,23-24,31-32,34-38,43-45,48-49,51-52,55H,15,17-18,20-22H2,1-6H3,(H,50,56)/b8-7-,27-16-/t24?,31?,32-,34-,35?,36?,37?,38?,43?,44?,45?/m0/s1. The summed E-state index contributed by atoms with van der Waals surface area (Å²) in [6.07, 6.45) is -3.81. The Bertz CT molecular complexity index is 2560. The van der Waals surface area contributed by atoms with Gasteiger partial charge in [0.25, 0.3) is 0 Å². The van der Waals surface area contributed by atoms with E-state index in [0.717, 1.165) is 18.1 Å². The van der Waals surface area contributed by atoms with E-state index < -0.39 is 86.2 Å². The molecule has 3 aliphatic heterocycles. The molecule has 1 aromatic carbocycles. The molecule has 2 aliphatic carbocycles. The Morgan fingerprint density at radius 2 is 1.92 bits per heavy atom. The number of carbonyl (C=O) groups excluding carboxylic acids is 3. The quantitative estimate of drug-likeness (QED) is 0.133. The summed E-state index contributed by atoms with van der Waals surface area (Å²) in [5.74, 6) is 8.63. The lowest BCUT2D eigenvalue weighted by Crippen LogP contribution is -2.61. The topological polar surface area (TPSA) is 219 Å². The maximum Gasteiger partial charge on any atom is 0.411 e. The summed E-state index contributed by atoms with van der Waals surface area (Å²) >= 11 is 11.2. The monoisotopic (exact) mass is 950 g/mol. The van der Waals surface area contributed by atoms with Gasteiger partial charge in [-0.15, -0.1) is 0 Å². The number of alkyl carbamates (subject to hydrolysis) is 1. The van der Waals surface area contributed by atoms with Gasteiger partial charge in [-0.25, -0.2) is 4.79 Å². The van der Waals surface area contributed by atoms with Gasteiger partial charge in [-0.1, -0.05) is 50.8 Å². The highest BCUT2D eigenvalue weighted by atomic mass is 33.1. The van der Waals surface area contributed by atoms with Crippen molar-refractivity contribution >= 4 is 63.8 Å². The van der Waals surface area contributed by atoms with Crippen molar-refractivity contribution in [3.8, 4) is 29.4 Å². The van der Waals surface area contributed by atoms with Crippen LogP contribution in [0.25, 0.3) is 10.9 Å². The van der Waals surface area contributed by atoms with Crippen LogP contribution in [0.15, 0.2) is 58.3 Å². The number of carbonyl (C=O) groups is 3. The molecule has 9 unspecified atom stereocenters. The molecule has 1 amide bonds. The fourth-order valence-corrected chi connectivity index (χ4v) is 9.83. The zero-order valence-electron chi connectivity index (χ0n) is 36.8. The van der Waals surface area contributed by atoms with Crippen molar-refractivity contribution in [2.45, 2.75) is 101 Å². The number of fused-ring (bicyclic) bond motifs is 4. The molecule has 65 heavy (non-hydrogen) atoms. The second kappa shape index (κ2) is 20.7. The number of aliphatic hydroxyl groups excluding tert-OH is 2. The minimum absolute atomic E-state index is 0.0643. The molecule has 4 heterocycles. The number of aromatic amines is 1. The Hall–Kier alpha value is -4.35. The van der Waals surface area contributed by atoms with Crippen LogP contribution in [0.2, 0.25) is 0 Å². The highest BCUT2D eigenvalue weighted by Gasteiger charge is 2.52. The van der Waals surface area contributed by atoms with Crippen LogP contribution in [0.1, 0.15) is 44.9 Å². The SMILES string of the molecule is COC(=O)NC1=C2C#C/C=C\C#C[C@H](OC3OC(C)C(C(=O)C4=NCCc5c4[nH]c4ccc(O)cc54)C(O)C3OC3CC(OC)C(NC(C)C)CO3)C2/C(=C\CS(C)(=S)=S)[C@@H](O)CC1=O. The molecule has 16 nitrogen and oxygen atoms in total. The van der Waals surface area contributed by atoms with Gasteiger partial charge in [0, 0.05) is 54.8 Å². The van der Waals surface area contributed by atoms with E-state index in [0.29, 0.717) is 24.2 Å². The van der Waals surface area contributed by atoms with Crippen molar-refractivity contribution in [3.63, 3.8) is 0 Å². The first-order valence-corrected chi connectivity index (χ1v) is 25.4. The predicted molar refractivity (Wildman–Crippen MR) is 248 cm³/mol. The van der Waals surface area contributed by atoms with Gasteiger partial charge in [0.15, 0.2) is 24.1 Å². The van der Waals surface area contributed by atoms with Gasteiger partial charge in [0.2, 0.25) is 0 Å². The summed E-state index contributed by atoms with van der Waals surface area (Å²) in [5, 5.41) is 41.3. The van der Waals surface area contributed by atoms with Gasteiger partial charge in [-0.2, -0.15) is 0 Å². The Labute approximate surface area is 387 Å². The van der Waals surface area contributed by atoms with Gasteiger partial charge in [0.1, 0.15) is 23.7 Å². The number of hydrogen-bond acceptors (Lipinski definition) is 16. The van der Waals surface area contributed by atoms with E-state index in [4.69, 9.17) is 50.8 Å². The van der Waals surface area contributed by atoms with E-state index in [-0.39, 0.29) is 65.3 Å². The number of aliphatic hydroxyl groups is 2. The molecule has 348 valence electrons. The van der Waals surface area contributed by atoms with Crippen molar-refractivity contribution in [2.75, 3.05) is 39.4 Å². The second-order valence-corrected chi connectivity index (χ2v) is 24.1. The Kier molecular flexibility index (Phi) is 15.4. The lowest BCUT2D eigenvalue weighted by Gasteiger charge is -2.46. The number of hydrogen-bond donors (Lipinski definition) is 6. The molecule has 11 atom stereocenters. The number of ketones is 2. The molecule has 19 heteroatoms. The molecule has 2 saturated heterocycles. The smallest absolute Gasteiger partial charge is 0.411 e. The lowest BCUT2D eigenvalue weighted by molar-refractivity contribution is -0.331. The molecular formula is C46H54N4O12S3. The highest BCUT2D eigenvalue weighted by Crippen LogP contribution is 2.40. The molecule has 1 aromatic heterocycles. The number of H-pyrrole nitrogens is 1. The molecular weight excluding hydrogens is 897 g/mol. The van der Waals surface area contributed by atoms with Gasteiger partial charge < -0.3 is 54.0 Å². The molecule has 6 N–H and O–H groups in total. The average Bonchev–Trinajstić information content (AvgIpc) is 3.62. The summed E-state index contributed by atoms with van der Waals surface area (Å²) in [4.78, 5) is 49.4. The van der Waals surface area contributed by atoms with Gasteiger partial charge in [0.05, 0.1) is 67.4 Å². The van der Waals surface area contributed by atoms with Crippen LogP contribution in [0.4, 0.5) is 4.79 Å². The van der Waals surface area contributed by atoms with Crippen molar-refractivity contribution < 1.29 is 58.1 Å². The number of nitrogens with one attached hydrogen (secondary N) is 3. The van der Waals surface area contributed by atoms with Crippen molar-refractivity contribution in [2.24, 2.45) is 16.8 Å². The Morgan fingerprint density at radius 3 is 2.65 bits per heavy atom. The van der Waals surface area contributed by atoms with Gasteiger partial charge >= 0.3 is 6.09 Å². The molecule has 0 saturated carbocycles. The predicted octanol–water partition coefficient (Wildman–Crippen LogP) is 2.18. The fraction of sp³-hybridized carbons (Fsp3) is 0.522. The van der Waals surface area contributed by atoms with E-state index in [1.807, 2.05) is 13.8 Å². The van der Waals surface area contributed by atoms with Crippen LogP contribution in [-0.4, -0.2) is 144 Å². The van der Waals surface area contributed by atoms with E-state index in [1.54, 1.807) is 44.6 Å². The third-order valence-corrected chi connectivity index (χ3v) is 13.5. The first-order chi connectivity index (χ1) is 31.0. The van der Waals surface area contributed by atoms with E-state index in [9.17, 15) is 29.7 Å². The number of rotatable bonds is 12. The van der Waals surface area contributed by atoms with Gasteiger partial charge in [-0.05, 0) is 83.5 Å². The maximum absolute atomic E-state index is 14.8. The second-order valence-electron chi connectivity index (χ2n) is 16.9.